The van der Waals surface area contributed by atoms with Gasteiger partial charge in [0.2, 0.25) is 0 Å². The number of fused-ring (bicyclic) bond motifs is 1. The van der Waals surface area contributed by atoms with Gasteiger partial charge < -0.3 is 5.32 Å². The lowest BCUT2D eigenvalue weighted by Crippen LogP contribution is -2.34. The summed E-state index contributed by atoms with van der Waals surface area (Å²) in [4.78, 5) is 1.27. The Hall–Kier alpha value is -0.570. The van der Waals surface area contributed by atoms with Gasteiger partial charge in [-0.3, -0.25) is 0 Å². The summed E-state index contributed by atoms with van der Waals surface area (Å²) in [6.45, 7) is 3.23. The lowest BCUT2D eigenvalue weighted by molar-refractivity contribution is 0.281. The summed E-state index contributed by atoms with van der Waals surface area (Å²) in [5, 5.41) is 5.83. The van der Waals surface area contributed by atoms with Crippen LogP contribution in [0.1, 0.15) is 43.9 Å². The average molecular weight is 308 g/mol. The van der Waals surface area contributed by atoms with E-state index in [-0.39, 0.29) is 0 Å². The molecule has 1 aliphatic rings. The van der Waals surface area contributed by atoms with Crippen molar-refractivity contribution in [3.63, 3.8) is 0 Å². The van der Waals surface area contributed by atoms with Gasteiger partial charge in [-0.25, -0.2) is 0 Å². The molecule has 1 heterocycles. The number of benzene rings is 1. The maximum atomic E-state index is 6.50. The van der Waals surface area contributed by atoms with E-state index in [0.717, 1.165) is 17.5 Å². The van der Waals surface area contributed by atoms with E-state index in [4.69, 9.17) is 11.6 Å². The topological polar surface area (TPSA) is 12.0 Å². The molecule has 1 nitrogen and oxygen atoms in total. The minimum Gasteiger partial charge on any atom is -0.309 e. The van der Waals surface area contributed by atoms with Gasteiger partial charge in [0.25, 0.3) is 0 Å². The van der Waals surface area contributed by atoms with Crippen LogP contribution >= 0.6 is 22.9 Å². The van der Waals surface area contributed by atoms with Crippen LogP contribution in [0.15, 0.2) is 24.3 Å². The Balaban J connectivity index is 1.65. The highest BCUT2D eigenvalue weighted by atomic mass is 35.5. The van der Waals surface area contributed by atoms with Gasteiger partial charge in [0.05, 0.1) is 5.02 Å². The molecule has 0 saturated heterocycles. The molecule has 0 aliphatic heterocycles. The third kappa shape index (κ3) is 3.03. The summed E-state index contributed by atoms with van der Waals surface area (Å²) in [7, 11) is 0. The summed E-state index contributed by atoms with van der Waals surface area (Å²) < 4.78 is 1.29. The van der Waals surface area contributed by atoms with Crippen LogP contribution in [0.5, 0.6) is 0 Å². The third-order valence-corrected chi connectivity index (χ3v) is 6.26. The fourth-order valence-corrected chi connectivity index (χ4v) is 4.68. The second-order valence-electron chi connectivity index (χ2n) is 5.90. The molecule has 108 valence electrons. The van der Waals surface area contributed by atoms with E-state index in [9.17, 15) is 0 Å². The van der Waals surface area contributed by atoms with Crippen molar-refractivity contribution in [2.24, 2.45) is 5.92 Å². The van der Waals surface area contributed by atoms with E-state index in [1.165, 1.54) is 47.1 Å². The van der Waals surface area contributed by atoms with Crippen molar-refractivity contribution in [2.75, 3.05) is 0 Å². The van der Waals surface area contributed by atoms with Crippen molar-refractivity contribution < 1.29 is 0 Å². The standard InChI is InChI=1S/C17H22ClNS/c1-12(13-7-3-2-4-8-13)19-11-16-17(18)14-9-5-6-10-15(14)20-16/h5-6,9-10,12-13,19H,2-4,7-8,11H2,1H3/t12-/m1/s1. The number of thiophene rings is 1. The molecule has 1 aromatic heterocycles. The molecular weight excluding hydrogens is 286 g/mol. The SMILES string of the molecule is C[C@@H](NCc1sc2ccccc2c1Cl)C1CCCCC1. The first kappa shape index (κ1) is 14.4. The second-order valence-corrected chi connectivity index (χ2v) is 7.42. The smallest absolute Gasteiger partial charge is 0.0636 e. The number of halogens is 1. The van der Waals surface area contributed by atoms with Crippen LogP contribution in [0, 0.1) is 5.92 Å². The van der Waals surface area contributed by atoms with Crippen molar-refractivity contribution in [1.29, 1.82) is 0 Å². The third-order valence-electron chi connectivity index (χ3n) is 4.54. The molecule has 0 amide bonds. The van der Waals surface area contributed by atoms with Gasteiger partial charge in [-0.2, -0.15) is 0 Å². The van der Waals surface area contributed by atoms with E-state index in [2.05, 4.69) is 36.5 Å². The number of rotatable bonds is 4. The molecule has 0 spiro atoms. The first-order chi connectivity index (χ1) is 9.75. The van der Waals surface area contributed by atoms with Gasteiger partial charge in [0, 0.05) is 27.5 Å². The Morgan fingerprint density at radius 1 is 1.25 bits per heavy atom. The monoisotopic (exact) mass is 307 g/mol. The molecule has 3 rings (SSSR count). The first-order valence-electron chi connectivity index (χ1n) is 7.65. The van der Waals surface area contributed by atoms with Crippen molar-refractivity contribution >= 4 is 33.0 Å². The maximum absolute atomic E-state index is 6.50. The lowest BCUT2D eigenvalue weighted by atomic mass is 9.84. The Morgan fingerprint density at radius 2 is 2.00 bits per heavy atom. The average Bonchev–Trinajstić information content (AvgIpc) is 2.83. The second kappa shape index (κ2) is 6.46. The van der Waals surface area contributed by atoms with Gasteiger partial charge >= 0.3 is 0 Å². The summed E-state index contributed by atoms with van der Waals surface area (Å²) in [5.41, 5.74) is 0. The molecule has 0 unspecified atom stereocenters. The zero-order valence-electron chi connectivity index (χ0n) is 12.0. The summed E-state index contributed by atoms with van der Waals surface area (Å²) in [5.74, 6) is 0.844. The van der Waals surface area contributed by atoms with E-state index in [1.807, 2.05) is 11.3 Å². The number of nitrogens with one attached hydrogen (secondary N) is 1. The molecule has 1 N–H and O–H groups in total. The molecule has 0 radical (unpaired) electrons. The van der Waals surface area contributed by atoms with Crippen LogP contribution in [0.25, 0.3) is 10.1 Å². The molecule has 2 aromatic rings. The largest absolute Gasteiger partial charge is 0.309 e. The predicted octanol–water partition coefficient (Wildman–Crippen LogP) is 5.61. The van der Waals surface area contributed by atoms with Crippen LogP contribution in [-0.2, 0) is 6.54 Å². The Morgan fingerprint density at radius 3 is 2.75 bits per heavy atom. The van der Waals surface area contributed by atoms with Crippen LogP contribution in [-0.4, -0.2) is 6.04 Å². The minimum absolute atomic E-state index is 0.594. The fourth-order valence-electron chi connectivity index (χ4n) is 3.23. The lowest BCUT2D eigenvalue weighted by Gasteiger charge is -2.28. The molecule has 0 bridgehead atoms. The molecule has 1 aliphatic carbocycles. The zero-order chi connectivity index (χ0) is 13.9. The zero-order valence-corrected chi connectivity index (χ0v) is 13.6. The highest BCUT2D eigenvalue weighted by Crippen LogP contribution is 2.35. The first-order valence-corrected chi connectivity index (χ1v) is 8.84. The van der Waals surface area contributed by atoms with Gasteiger partial charge in [0.15, 0.2) is 0 Å². The highest BCUT2D eigenvalue weighted by Gasteiger charge is 2.20. The molecule has 1 fully saturated rings. The number of hydrogen-bond donors (Lipinski definition) is 1. The van der Waals surface area contributed by atoms with Crippen molar-refractivity contribution in [3.8, 4) is 0 Å². The van der Waals surface area contributed by atoms with Crippen molar-refractivity contribution in [1.82, 2.24) is 5.32 Å². The number of hydrogen-bond acceptors (Lipinski definition) is 2. The van der Waals surface area contributed by atoms with Crippen LogP contribution in [0.3, 0.4) is 0 Å². The Kier molecular flexibility index (Phi) is 4.65. The van der Waals surface area contributed by atoms with E-state index < -0.39 is 0 Å². The fraction of sp³-hybridized carbons (Fsp3) is 0.529. The summed E-state index contributed by atoms with van der Waals surface area (Å²) in [6, 6.07) is 9.00. The Labute approximate surface area is 130 Å². The molecule has 3 heteroatoms. The molecule has 1 atom stereocenters. The van der Waals surface area contributed by atoms with Gasteiger partial charge in [-0.05, 0) is 31.7 Å². The van der Waals surface area contributed by atoms with Crippen LogP contribution in [0.4, 0.5) is 0 Å². The molecular formula is C17H22ClNS. The predicted molar refractivity (Wildman–Crippen MR) is 89.7 cm³/mol. The van der Waals surface area contributed by atoms with Gasteiger partial charge in [-0.1, -0.05) is 49.1 Å². The normalized spacial score (nSPS) is 18.5. The molecule has 1 saturated carbocycles. The van der Waals surface area contributed by atoms with E-state index >= 15 is 0 Å². The quantitative estimate of drug-likeness (QED) is 0.773. The van der Waals surface area contributed by atoms with E-state index in [0.29, 0.717) is 6.04 Å². The Bertz CT molecular complexity index is 571. The van der Waals surface area contributed by atoms with Crippen LogP contribution < -0.4 is 5.32 Å². The van der Waals surface area contributed by atoms with Gasteiger partial charge in [-0.15, -0.1) is 11.3 Å². The van der Waals surface area contributed by atoms with Crippen molar-refractivity contribution in [3.05, 3.63) is 34.2 Å². The van der Waals surface area contributed by atoms with Crippen molar-refractivity contribution in [2.45, 2.75) is 51.6 Å². The van der Waals surface area contributed by atoms with Crippen LogP contribution in [0.2, 0.25) is 5.02 Å². The highest BCUT2D eigenvalue weighted by molar-refractivity contribution is 7.19. The molecule has 1 aromatic carbocycles. The molecule has 20 heavy (non-hydrogen) atoms. The summed E-state index contributed by atoms with van der Waals surface area (Å²) in [6.07, 6.45) is 6.99. The van der Waals surface area contributed by atoms with E-state index in [1.54, 1.807) is 0 Å². The van der Waals surface area contributed by atoms with Gasteiger partial charge in [0.1, 0.15) is 0 Å². The maximum Gasteiger partial charge on any atom is 0.0636 e. The summed E-state index contributed by atoms with van der Waals surface area (Å²) >= 11 is 8.31. The minimum atomic E-state index is 0.594.